The minimum absolute atomic E-state index is 0.0492. The van der Waals surface area contributed by atoms with Gasteiger partial charge in [-0.15, -0.1) is 0 Å². The molecule has 1 heterocycles. The Labute approximate surface area is 165 Å². The Morgan fingerprint density at radius 1 is 1.00 bits per heavy atom. The molecule has 0 saturated carbocycles. The zero-order chi connectivity index (χ0) is 20.0. The van der Waals surface area contributed by atoms with Crippen LogP contribution in [0.15, 0.2) is 59.5 Å². The normalized spacial score (nSPS) is 15.7. The summed E-state index contributed by atoms with van der Waals surface area (Å²) in [5.41, 5.74) is 0.919. The van der Waals surface area contributed by atoms with Crippen molar-refractivity contribution in [2.24, 2.45) is 0 Å². The molecule has 1 aliphatic heterocycles. The second-order valence-corrected chi connectivity index (χ2v) is 8.42. The van der Waals surface area contributed by atoms with Crippen molar-refractivity contribution in [3.63, 3.8) is 0 Å². The van der Waals surface area contributed by atoms with Crippen LogP contribution in [0, 0.1) is 11.3 Å². The summed E-state index contributed by atoms with van der Waals surface area (Å²) < 4.78 is 27.1. The van der Waals surface area contributed by atoms with E-state index in [1.807, 2.05) is 36.4 Å². The van der Waals surface area contributed by atoms with Crippen LogP contribution >= 0.6 is 0 Å². The second kappa shape index (κ2) is 8.97. The van der Waals surface area contributed by atoms with E-state index in [1.54, 1.807) is 12.1 Å². The van der Waals surface area contributed by atoms with Crippen LogP contribution in [0.3, 0.4) is 0 Å². The van der Waals surface area contributed by atoms with Gasteiger partial charge in [-0.05, 0) is 24.3 Å². The van der Waals surface area contributed by atoms with Gasteiger partial charge in [-0.1, -0.05) is 30.3 Å². The number of sulfonamides is 1. The third-order valence-electron chi connectivity index (χ3n) is 4.67. The largest absolute Gasteiger partial charge is 0.326 e. The van der Waals surface area contributed by atoms with Crippen LogP contribution in [0.25, 0.3) is 0 Å². The van der Waals surface area contributed by atoms with Gasteiger partial charge in [-0.2, -0.15) is 9.57 Å². The molecule has 0 atom stereocenters. The number of anilines is 1. The third kappa shape index (κ3) is 4.75. The van der Waals surface area contributed by atoms with Crippen LogP contribution < -0.4 is 5.32 Å². The summed E-state index contributed by atoms with van der Waals surface area (Å²) in [4.78, 5) is 14.2. The summed E-state index contributed by atoms with van der Waals surface area (Å²) in [6.45, 7) is 2.34. The van der Waals surface area contributed by atoms with Crippen LogP contribution in [0.5, 0.6) is 0 Å². The Hall–Kier alpha value is -2.73. The van der Waals surface area contributed by atoms with Crippen LogP contribution in [-0.2, 0) is 14.8 Å². The Kier molecular flexibility index (Phi) is 6.41. The number of nitrogens with one attached hydrogen (secondary N) is 1. The van der Waals surface area contributed by atoms with E-state index in [1.165, 1.54) is 16.4 Å². The lowest BCUT2D eigenvalue weighted by Crippen LogP contribution is -2.49. The van der Waals surface area contributed by atoms with Gasteiger partial charge in [0.15, 0.2) is 0 Å². The molecular weight excluding hydrogens is 376 g/mol. The number of nitrogens with zero attached hydrogens (tertiary/aromatic N) is 3. The van der Waals surface area contributed by atoms with Gasteiger partial charge in [0.05, 0.1) is 10.5 Å². The number of hydrogen-bond acceptors (Lipinski definition) is 5. The molecule has 3 rings (SSSR count). The van der Waals surface area contributed by atoms with Gasteiger partial charge in [0.25, 0.3) is 0 Å². The maximum absolute atomic E-state index is 12.8. The summed E-state index contributed by atoms with van der Waals surface area (Å²) in [6, 6.07) is 17.5. The minimum Gasteiger partial charge on any atom is -0.326 e. The van der Waals surface area contributed by atoms with Crippen molar-refractivity contribution in [1.29, 1.82) is 5.26 Å². The van der Waals surface area contributed by atoms with Crippen LogP contribution in [0.4, 0.5) is 5.69 Å². The quantitative estimate of drug-likeness (QED) is 0.802. The van der Waals surface area contributed by atoms with Gasteiger partial charge in [0.1, 0.15) is 6.07 Å². The van der Waals surface area contributed by atoms with Crippen molar-refractivity contribution in [3.05, 3.63) is 60.2 Å². The highest BCUT2D eigenvalue weighted by Gasteiger charge is 2.30. The number of carbonyl (C=O) groups is 1. The van der Waals surface area contributed by atoms with Crippen molar-refractivity contribution >= 4 is 21.6 Å². The lowest BCUT2D eigenvalue weighted by atomic mass is 10.2. The van der Waals surface area contributed by atoms with Gasteiger partial charge >= 0.3 is 0 Å². The van der Waals surface area contributed by atoms with E-state index in [0.29, 0.717) is 39.1 Å². The average Bonchev–Trinajstić information content (AvgIpc) is 2.73. The number of para-hydroxylation sites is 1. The lowest BCUT2D eigenvalue weighted by Gasteiger charge is -2.33. The van der Waals surface area contributed by atoms with Crippen molar-refractivity contribution in [1.82, 2.24) is 9.21 Å². The van der Waals surface area contributed by atoms with E-state index in [4.69, 9.17) is 0 Å². The SMILES string of the molecule is N#Cc1ccccc1S(=O)(=O)N1CCN(CCC(=O)Nc2ccccc2)CC1. The van der Waals surface area contributed by atoms with Crippen LogP contribution in [0.2, 0.25) is 0 Å². The first-order valence-electron chi connectivity index (χ1n) is 9.07. The molecule has 1 aliphatic rings. The van der Waals surface area contributed by atoms with E-state index in [9.17, 15) is 18.5 Å². The fourth-order valence-electron chi connectivity index (χ4n) is 3.12. The van der Waals surface area contributed by atoms with E-state index < -0.39 is 10.0 Å². The molecule has 0 radical (unpaired) electrons. The Balaban J connectivity index is 1.52. The minimum atomic E-state index is -3.70. The van der Waals surface area contributed by atoms with Crippen molar-refractivity contribution < 1.29 is 13.2 Å². The molecule has 0 spiro atoms. The molecule has 1 N–H and O–H groups in total. The average molecular weight is 398 g/mol. The highest BCUT2D eigenvalue weighted by molar-refractivity contribution is 7.89. The zero-order valence-corrected chi connectivity index (χ0v) is 16.2. The fourth-order valence-corrected chi connectivity index (χ4v) is 4.69. The number of benzene rings is 2. The van der Waals surface area contributed by atoms with E-state index >= 15 is 0 Å². The molecule has 0 unspecified atom stereocenters. The van der Waals surface area contributed by atoms with Crippen molar-refractivity contribution in [2.75, 3.05) is 38.0 Å². The predicted octanol–water partition coefficient (Wildman–Crippen LogP) is 1.89. The van der Waals surface area contributed by atoms with Gasteiger partial charge in [0, 0.05) is 44.8 Å². The van der Waals surface area contributed by atoms with Gasteiger partial charge in [-0.3, -0.25) is 4.79 Å². The van der Waals surface area contributed by atoms with E-state index in [-0.39, 0.29) is 16.4 Å². The van der Waals surface area contributed by atoms with E-state index in [2.05, 4.69) is 10.2 Å². The smallest absolute Gasteiger partial charge is 0.244 e. The zero-order valence-electron chi connectivity index (χ0n) is 15.4. The number of rotatable bonds is 6. The lowest BCUT2D eigenvalue weighted by molar-refractivity contribution is -0.116. The van der Waals surface area contributed by atoms with E-state index in [0.717, 1.165) is 5.69 Å². The summed E-state index contributed by atoms with van der Waals surface area (Å²) in [5.74, 6) is -0.0656. The number of hydrogen-bond donors (Lipinski definition) is 1. The molecular formula is C20H22N4O3S. The number of carbonyl (C=O) groups excluding carboxylic acids is 1. The molecule has 146 valence electrons. The first-order valence-corrected chi connectivity index (χ1v) is 10.5. The third-order valence-corrected chi connectivity index (χ3v) is 6.63. The molecule has 0 aliphatic carbocycles. The predicted molar refractivity (Wildman–Crippen MR) is 106 cm³/mol. The monoisotopic (exact) mass is 398 g/mol. The first-order chi connectivity index (χ1) is 13.5. The van der Waals surface area contributed by atoms with Gasteiger partial charge < -0.3 is 10.2 Å². The van der Waals surface area contributed by atoms with Crippen molar-refractivity contribution in [2.45, 2.75) is 11.3 Å². The Morgan fingerprint density at radius 2 is 1.64 bits per heavy atom. The molecule has 2 aromatic carbocycles. The maximum Gasteiger partial charge on any atom is 0.244 e. The Bertz CT molecular complexity index is 962. The number of nitriles is 1. The Morgan fingerprint density at radius 3 is 2.32 bits per heavy atom. The standard InChI is InChI=1S/C20H22N4O3S/c21-16-17-6-4-5-9-19(17)28(26,27)24-14-12-23(13-15-24)11-10-20(25)22-18-7-2-1-3-8-18/h1-9H,10-15H2,(H,22,25). The maximum atomic E-state index is 12.8. The molecule has 0 bridgehead atoms. The number of amides is 1. The fraction of sp³-hybridized carbons (Fsp3) is 0.300. The molecule has 0 aromatic heterocycles. The molecule has 1 fully saturated rings. The van der Waals surface area contributed by atoms with Gasteiger partial charge in [-0.25, -0.2) is 8.42 Å². The molecule has 1 amide bonds. The first kappa shape index (κ1) is 20.0. The summed E-state index contributed by atoms with van der Waals surface area (Å²) in [7, 11) is -3.70. The summed E-state index contributed by atoms with van der Waals surface area (Å²) in [5, 5.41) is 12.0. The molecule has 7 nitrogen and oxygen atoms in total. The highest BCUT2D eigenvalue weighted by Crippen LogP contribution is 2.21. The topological polar surface area (TPSA) is 93.5 Å². The van der Waals surface area contributed by atoms with Gasteiger partial charge in [0.2, 0.25) is 15.9 Å². The molecule has 28 heavy (non-hydrogen) atoms. The molecule has 2 aromatic rings. The molecule has 1 saturated heterocycles. The second-order valence-electron chi connectivity index (χ2n) is 6.52. The summed E-state index contributed by atoms with van der Waals surface area (Å²) in [6.07, 6.45) is 0.346. The van der Waals surface area contributed by atoms with Crippen molar-refractivity contribution in [3.8, 4) is 6.07 Å². The number of piperazine rings is 1. The molecule has 8 heteroatoms. The van der Waals surface area contributed by atoms with Crippen LogP contribution in [0.1, 0.15) is 12.0 Å². The summed E-state index contributed by atoms with van der Waals surface area (Å²) >= 11 is 0. The van der Waals surface area contributed by atoms with Crippen LogP contribution in [-0.4, -0.2) is 56.3 Å². The highest BCUT2D eigenvalue weighted by atomic mass is 32.2.